The monoisotopic (exact) mass is 545 g/mol. The summed E-state index contributed by atoms with van der Waals surface area (Å²) in [6, 6.07) is 20.0. The quantitative estimate of drug-likeness (QED) is 0.277. The maximum absolute atomic E-state index is 13.0. The average Bonchev–Trinajstić information content (AvgIpc) is 3.50. The lowest BCUT2D eigenvalue weighted by Crippen LogP contribution is -2.22. The molecule has 0 amide bonds. The summed E-state index contributed by atoms with van der Waals surface area (Å²) >= 11 is 14.2. The SMILES string of the molecule is COc1ccc(-c2sc(CNS(=O)(=O)c3ccc4c(c3)CCO4)cc2-c2ccc(Cl)cc2Cl)cc1. The van der Waals surface area contributed by atoms with E-state index in [1.54, 1.807) is 37.4 Å². The van der Waals surface area contributed by atoms with E-state index in [2.05, 4.69) is 4.72 Å². The van der Waals surface area contributed by atoms with Gasteiger partial charge in [0.15, 0.2) is 0 Å². The van der Waals surface area contributed by atoms with Crippen molar-refractivity contribution in [2.45, 2.75) is 17.9 Å². The minimum atomic E-state index is -3.69. The summed E-state index contributed by atoms with van der Waals surface area (Å²) in [5.41, 5.74) is 3.62. The van der Waals surface area contributed by atoms with Crippen LogP contribution in [0.4, 0.5) is 0 Å². The molecule has 0 saturated heterocycles. The Hall–Kier alpha value is -2.55. The van der Waals surface area contributed by atoms with Crippen LogP contribution in [0.15, 0.2) is 71.6 Å². The number of hydrogen-bond acceptors (Lipinski definition) is 5. The topological polar surface area (TPSA) is 64.6 Å². The molecule has 0 saturated carbocycles. The van der Waals surface area contributed by atoms with Gasteiger partial charge in [-0.25, -0.2) is 13.1 Å². The molecule has 180 valence electrons. The van der Waals surface area contributed by atoms with Gasteiger partial charge in [-0.15, -0.1) is 11.3 Å². The molecule has 0 spiro atoms. The van der Waals surface area contributed by atoms with E-state index in [1.165, 1.54) is 11.3 Å². The van der Waals surface area contributed by atoms with Gasteiger partial charge in [0.1, 0.15) is 11.5 Å². The van der Waals surface area contributed by atoms with Crippen LogP contribution in [0, 0.1) is 0 Å². The van der Waals surface area contributed by atoms with Crippen molar-refractivity contribution in [3.8, 4) is 33.1 Å². The molecule has 1 aromatic heterocycles. The summed E-state index contributed by atoms with van der Waals surface area (Å²) in [6.07, 6.45) is 0.708. The Morgan fingerprint density at radius 2 is 1.80 bits per heavy atom. The van der Waals surface area contributed by atoms with E-state index in [-0.39, 0.29) is 11.4 Å². The maximum Gasteiger partial charge on any atom is 0.240 e. The minimum absolute atomic E-state index is 0.148. The van der Waals surface area contributed by atoms with Crippen LogP contribution in [-0.2, 0) is 23.0 Å². The molecule has 5 rings (SSSR count). The highest BCUT2D eigenvalue weighted by atomic mass is 35.5. The molecule has 0 radical (unpaired) electrons. The molecular formula is C26H21Cl2NO4S2. The van der Waals surface area contributed by atoms with Crippen LogP contribution < -0.4 is 14.2 Å². The van der Waals surface area contributed by atoms with E-state index in [4.69, 9.17) is 32.7 Å². The van der Waals surface area contributed by atoms with Crippen molar-refractivity contribution < 1.29 is 17.9 Å². The molecule has 35 heavy (non-hydrogen) atoms. The Labute approximate surface area is 218 Å². The summed E-state index contributed by atoms with van der Waals surface area (Å²) in [6.45, 7) is 0.723. The van der Waals surface area contributed by atoms with E-state index in [9.17, 15) is 8.42 Å². The summed E-state index contributed by atoms with van der Waals surface area (Å²) < 4.78 is 39.5. The van der Waals surface area contributed by atoms with Crippen LogP contribution in [0.2, 0.25) is 10.0 Å². The second-order valence-corrected chi connectivity index (χ2v) is 11.7. The number of thiophene rings is 1. The molecule has 0 aliphatic carbocycles. The Bertz CT molecular complexity index is 1500. The first-order valence-corrected chi connectivity index (χ1v) is 13.9. The van der Waals surface area contributed by atoms with Crippen LogP contribution in [0.25, 0.3) is 21.6 Å². The molecule has 4 aromatic rings. The zero-order valence-corrected chi connectivity index (χ0v) is 21.8. The first-order chi connectivity index (χ1) is 16.8. The molecule has 0 atom stereocenters. The van der Waals surface area contributed by atoms with E-state index in [0.29, 0.717) is 23.1 Å². The van der Waals surface area contributed by atoms with E-state index in [1.807, 2.05) is 36.4 Å². The first-order valence-electron chi connectivity index (χ1n) is 10.8. The van der Waals surface area contributed by atoms with Crippen molar-refractivity contribution in [3.63, 3.8) is 0 Å². The van der Waals surface area contributed by atoms with Gasteiger partial charge in [0.05, 0.1) is 18.6 Å². The molecule has 1 aliphatic rings. The van der Waals surface area contributed by atoms with Crippen molar-refractivity contribution in [1.82, 2.24) is 4.72 Å². The van der Waals surface area contributed by atoms with Gasteiger partial charge >= 0.3 is 0 Å². The Balaban J connectivity index is 1.47. The van der Waals surface area contributed by atoms with Crippen LogP contribution in [-0.4, -0.2) is 22.1 Å². The fourth-order valence-electron chi connectivity index (χ4n) is 3.97. The number of fused-ring (bicyclic) bond motifs is 1. The molecule has 3 aromatic carbocycles. The number of benzene rings is 3. The number of hydrogen-bond donors (Lipinski definition) is 1. The third-order valence-electron chi connectivity index (χ3n) is 5.76. The minimum Gasteiger partial charge on any atom is -0.497 e. The van der Waals surface area contributed by atoms with Crippen molar-refractivity contribution >= 4 is 44.6 Å². The molecule has 0 fully saturated rings. The fraction of sp³-hybridized carbons (Fsp3) is 0.154. The first kappa shape index (κ1) is 24.2. The summed E-state index contributed by atoms with van der Waals surface area (Å²) in [5, 5.41) is 1.07. The molecule has 0 unspecified atom stereocenters. The summed E-state index contributed by atoms with van der Waals surface area (Å²) in [4.78, 5) is 2.06. The maximum atomic E-state index is 13.0. The zero-order valence-electron chi connectivity index (χ0n) is 18.7. The summed E-state index contributed by atoms with van der Waals surface area (Å²) in [5.74, 6) is 1.50. The highest BCUT2D eigenvalue weighted by Gasteiger charge is 2.21. The van der Waals surface area contributed by atoms with Gasteiger partial charge in [-0.3, -0.25) is 0 Å². The summed E-state index contributed by atoms with van der Waals surface area (Å²) in [7, 11) is -2.07. The molecule has 2 heterocycles. The van der Waals surface area contributed by atoms with Crippen LogP contribution in [0.5, 0.6) is 11.5 Å². The molecule has 0 bridgehead atoms. The van der Waals surface area contributed by atoms with Crippen LogP contribution in [0.3, 0.4) is 0 Å². The van der Waals surface area contributed by atoms with Crippen LogP contribution in [0.1, 0.15) is 10.4 Å². The van der Waals surface area contributed by atoms with Gasteiger partial charge in [0.2, 0.25) is 10.0 Å². The third kappa shape index (κ3) is 5.06. The zero-order chi connectivity index (χ0) is 24.6. The predicted molar refractivity (Wildman–Crippen MR) is 141 cm³/mol. The number of rotatable bonds is 7. The van der Waals surface area contributed by atoms with E-state index < -0.39 is 10.0 Å². The van der Waals surface area contributed by atoms with Crippen molar-refractivity contribution in [3.05, 3.63) is 87.2 Å². The number of ether oxygens (including phenoxy) is 2. The average molecular weight is 546 g/mol. The van der Waals surface area contributed by atoms with Crippen molar-refractivity contribution in [2.75, 3.05) is 13.7 Å². The molecule has 5 nitrogen and oxygen atoms in total. The van der Waals surface area contributed by atoms with Gasteiger partial charge in [-0.05, 0) is 71.8 Å². The van der Waals surface area contributed by atoms with E-state index >= 15 is 0 Å². The second-order valence-electron chi connectivity index (χ2n) is 8.00. The van der Waals surface area contributed by atoms with E-state index in [0.717, 1.165) is 43.5 Å². The lowest BCUT2D eigenvalue weighted by Gasteiger charge is -2.08. The number of nitrogens with one attached hydrogen (secondary N) is 1. The molecule has 1 N–H and O–H groups in total. The van der Waals surface area contributed by atoms with Gasteiger partial charge in [0.25, 0.3) is 0 Å². The smallest absolute Gasteiger partial charge is 0.240 e. The van der Waals surface area contributed by atoms with Gasteiger partial charge in [0, 0.05) is 43.9 Å². The van der Waals surface area contributed by atoms with Crippen LogP contribution >= 0.6 is 34.5 Å². The Morgan fingerprint density at radius 1 is 1.00 bits per heavy atom. The number of methoxy groups -OCH3 is 1. The van der Waals surface area contributed by atoms with Crippen molar-refractivity contribution in [2.24, 2.45) is 0 Å². The second kappa shape index (κ2) is 9.84. The van der Waals surface area contributed by atoms with Gasteiger partial charge in [-0.2, -0.15) is 0 Å². The lowest BCUT2D eigenvalue weighted by molar-refractivity contribution is 0.356. The number of halogens is 2. The molecular weight excluding hydrogens is 525 g/mol. The number of sulfonamides is 1. The normalized spacial score (nSPS) is 12.9. The van der Waals surface area contributed by atoms with Gasteiger partial charge < -0.3 is 9.47 Å². The lowest BCUT2D eigenvalue weighted by atomic mass is 10.0. The van der Waals surface area contributed by atoms with Gasteiger partial charge in [-0.1, -0.05) is 29.3 Å². The predicted octanol–water partition coefficient (Wildman–Crippen LogP) is 6.81. The highest BCUT2D eigenvalue weighted by Crippen LogP contribution is 2.43. The molecule has 1 aliphatic heterocycles. The Kier molecular flexibility index (Phi) is 6.79. The fourth-order valence-corrected chi connectivity index (χ4v) is 6.75. The highest BCUT2D eigenvalue weighted by molar-refractivity contribution is 7.89. The largest absolute Gasteiger partial charge is 0.497 e. The Morgan fingerprint density at radius 3 is 2.54 bits per heavy atom. The molecule has 9 heteroatoms. The third-order valence-corrected chi connectivity index (χ3v) is 8.90. The standard InChI is InChI=1S/C26H21Cl2NO4S2/c1-32-19-5-2-16(3-6-19)26-23(22-8-4-18(27)13-24(22)28)14-20(34-26)15-29-35(30,31)21-7-9-25-17(12-21)10-11-33-25/h2-9,12-14,29H,10-11,15H2,1H3. The van der Waals surface area contributed by atoms with Crippen molar-refractivity contribution in [1.29, 1.82) is 0 Å².